The number of carboxylic acid groups (broad SMARTS) is 1. The first-order valence-electron chi connectivity index (χ1n) is 5.53. The number of esters is 1. The Morgan fingerprint density at radius 1 is 1.45 bits per heavy atom. The molecule has 0 fully saturated rings. The topological polar surface area (TPSA) is 148 Å². The van der Waals surface area contributed by atoms with Gasteiger partial charge in [-0.2, -0.15) is 4.80 Å². The smallest absolute Gasteiger partial charge is 0.326 e. The molecule has 1 atom stereocenters. The van der Waals surface area contributed by atoms with Crippen LogP contribution in [0.2, 0.25) is 0 Å². The van der Waals surface area contributed by atoms with Crippen molar-refractivity contribution in [1.82, 2.24) is 25.5 Å². The van der Waals surface area contributed by atoms with E-state index in [1.54, 1.807) is 0 Å². The quantitative estimate of drug-likeness (QED) is 0.548. The van der Waals surface area contributed by atoms with Crippen LogP contribution < -0.4 is 10.6 Å². The second-order valence-electron chi connectivity index (χ2n) is 3.71. The Bertz CT molecular complexity index is 501. The fourth-order valence-electron chi connectivity index (χ4n) is 1.25. The summed E-state index contributed by atoms with van der Waals surface area (Å²) < 4.78 is 4.39. The number of nitrogens with one attached hydrogen (secondary N) is 2. The maximum atomic E-state index is 11.5. The minimum Gasteiger partial charge on any atom is -0.480 e. The van der Waals surface area contributed by atoms with E-state index in [0.717, 1.165) is 4.80 Å². The van der Waals surface area contributed by atoms with Crippen molar-refractivity contribution >= 4 is 23.9 Å². The van der Waals surface area contributed by atoms with Gasteiger partial charge in [0, 0.05) is 6.42 Å². The first-order valence-corrected chi connectivity index (χ1v) is 5.53. The van der Waals surface area contributed by atoms with Crippen molar-refractivity contribution < 1.29 is 24.2 Å². The molecule has 110 valence electrons. The number of hydrogen-bond acceptors (Lipinski definition) is 7. The van der Waals surface area contributed by atoms with Crippen LogP contribution in [0.15, 0.2) is 0 Å². The molecule has 0 saturated carbocycles. The summed E-state index contributed by atoms with van der Waals surface area (Å²) in [6, 6.07) is -2.04. The summed E-state index contributed by atoms with van der Waals surface area (Å²) in [5, 5.41) is 24.0. The molecule has 0 aliphatic heterocycles. The minimum absolute atomic E-state index is 0.0675. The van der Waals surface area contributed by atoms with Crippen molar-refractivity contribution in [2.24, 2.45) is 7.05 Å². The number of aromatic nitrogens is 4. The van der Waals surface area contributed by atoms with E-state index in [4.69, 9.17) is 5.11 Å². The summed E-state index contributed by atoms with van der Waals surface area (Å²) in [5.74, 6) is -1.90. The number of ether oxygens (including phenoxy) is 1. The molecule has 0 saturated heterocycles. The van der Waals surface area contributed by atoms with E-state index in [-0.39, 0.29) is 18.8 Å². The average molecular weight is 286 g/mol. The van der Waals surface area contributed by atoms with Crippen molar-refractivity contribution in [2.45, 2.75) is 18.9 Å². The van der Waals surface area contributed by atoms with Crippen molar-refractivity contribution in [2.75, 3.05) is 12.4 Å². The molecule has 1 heterocycles. The molecular weight excluding hydrogens is 272 g/mol. The highest BCUT2D eigenvalue weighted by Crippen LogP contribution is 2.00. The molecule has 0 unspecified atom stereocenters. The van der Waals surface area contributed by atoms with Gasteiger partial charge < -0.3 is 15.2 Å². The number of tetrazole rings is 1. The number of urea groups is 1. The maximum Gasteiger partial charge on any atom is 0.326 e. The minimum atomic E-state index is -1.27. The Kier molecular flexibility index (Phi) is 5.38. The second kappa shape index (κ2) is 7.01. The zero-order chi connectivity index (χ0) is 15.1. The molecule has 11 heteroatoms. The summed E-state index contributed by atoms with van der Waals surface area (Å²) in [6.07, 6.45) is -0.222. The molecule has 1 rings (SSSR count). The van der Waals surface area contributed by atoms with E-state index in [1.807, 2.05) is 0 Å². The van der Waals surface area contributed by atoms with Gasteiger partial charge in [-0.3, -0.25) is 10.1 Å². The first kappa shape index (κ1) is 15.3. The number of anilines is 1. The van der Waals surface area contributed by atoms with Crippen molar-refractivity contribution in [3.63, 3.8) is 0 Å². The summed E-state index contributed by atoms with van der Waals surface area (Å²) in [5.41, 5.74) is 0. The zero-order valence-electron chi connectivity index (χ0n) is 10.9. The number of carbonyl (C=O) groups is 3. The predicted octanol–water partition coefficient (Wildman–Crippen LogP) is -1.26. The Morgan fingerprint density at radius 3 is 2.65 bits per heavy atom. The van der Waals surface area contributed by atoms with Crippen molar-refractivity contribution in [3.05, 3.63) is 0 Å². The lowest BCUT2D eigenvalue weighted by Gasteiger charge is -2.13. The second-order valence-corrected chi connectivity index (χ2v) is 3.71. The molecule has 1 aromatic heterocycles. The van der Waals surface area contributed by atoms with Crippen LogP contribution in [0.3, 0.4) is 0 Å². The molecule has 2 amide bonds. The SMILES string of the molecule is COC(=O)CC[C@H](NC(=O)Nc1nnn(C)n1)C(=O)O. The molecule has 3 N–H and O–H groups in total. The molecule has 0 aromatic carbocycles. The van der Waals surface area contributed by atoms with Gasteiger partial charge in [0.25, 0.3) is 5.95 Å². The molecule has 11 nitrogen and oxygen atoms in total. The summed E-state index contributed by atoms with van der Waals surface area (Å²) in [6.45, 7) is 0. The van der Waals surface area contributed by atoms with Gasteiger partial charge in [-0.15, -0.1) is 5.10 Å². The van der Waals surface area contributed by atoms with Crippen LogP contribution in [0, 0.1) is 0 Å². The highest BCUT2D eigenvalue weighted by molar-refractivity contribution is 5.90. The van der Waals surface area contributed by atoms with Gasteiger partial charge in [-0.25, -0.2) is 9.59 Å². The van der Waals surface area contributed by atoms with Crippen LogP contribution in [-0.2, 0) is 21.4 Å². The number of aliphatic carboxylic acids is 1. The summed E-state index contributed by atoms with van der Waals surface area (Å²) in [4.78, 5) is 34.6. The lowest BCUT2D eigenvalue weighted by atomic mass is 10.1. The van der Waals surface area contributed by atoms with Crippen LogP contribution in [0.1, 0.15) is 12.8 Å². The number of carbonyl (C=O) groups excluding carboxylic acids is 2. The molecule has 0 aliphatic rings. The standard InChI is InChI=1S/C9H14N6O5/c1-15-13-8(12-14-15)11-9(19)10-5(7(17)18)3-4-6(16)20-2/h5H,3-4H2,1-2H3,(H,17,18)(H2,10,11,13,19)/t5-/m0/s1. The van der Waals surface area contributed by atoms with Gasteiger partial charge in [0.2, 0.25) is 0 Å². The van der Waals surface area contributed by atoms with Crippen LogP contribution in [0.25, 0.3) is 0 Å². The summed E-state index contributed by atoms with van der Waals surface area (Å²) >= 11 is 0. The predicted molar refractivity (Wildman–Crippen MR) is 63.6 cm³/mol. The third-order valence-electron chi connectivity index (χ3n) is 2.20. The average Bonchev–Trinajstić information content (AvgIpc) is 2.78. The van der Waals surface area contributed by atoms with Crippen LogP contribution in [0.5, 0.6) is 0 Å². The van der Waals surface area contributed by atoms with Gasteiger partial charge >= 0.3 is 18.0 Å². The third kappa shape index (κ3) is 4.88. The number of carboxylic acids is 1. The molecule has 0 radical (unpaired) electrons. The molecule has 0 aliphatic carbocycles. The Morgan fingerprint density at radius 2 is 2.15 bits per heavy atom. The monoisotopic (exact) mass is 286 g/mol. The van der Waals surface area contributed by atoms with Crippen LogP contribution in [0.4, 0.5) is 10.7 Å². The molecule has 20 heavy (non-hydrogen) atoms. The number of rotatable bonds is 6. The van der Waals surface area contributed by atoms with E-state index >= 15 is 0 Å². The van der Waals surface area contributed by atoms with E-state index in [1.165, 1.54) is 14.2 Å². The zero-order valence-corrected chi connectivity index (χ0v) is 10.9. The fraction of sp³-hybridized carbons (Fsp3) is 0.556. The number of aryl methyl sites for hydroxylation is 1. The lowest BCUT2D eigenvalue weighted by Crippen LogP contribution is -2.43. The van der Waals surface area contributed by atoms with E-state index < -0.39 is 24.0 Å². The first-order chi connectivity index (χ1) is 9.42. The van der Waals surface area contributed by atoms with Gasteiger partial charge in [0.15, 0.2) is 0 Å². The van der Waals surface area contributed by atoms with E-state index in [2.05, 4.69) is 30.8 Å². The maximum absolute atomic E-state index is 11.5. The molecular formula is C9H14N6O5. The molecule has 0 spiro atoms. The Balaban J connectivity index is 2.50. The third-order valence-corrected chi connectivity index (χ3v) is 2.20. The van der Waals surface area contributed by atoms with E-state index in [9.17, 15) is 14.4 Å². The normalized spacial score (nSPS) is 11.5. The van der Waals surface area contributed by atoms with E-state index in [0.29, 0.717) is 0 Å². The van der Waals surface area contributed by atoms with Crippen molar-refractivity contribution in [1.29, 1.82) is 0 Å². The lowest BCUT2D eigenvalue weighted by molar-refractivity contribution is -0.142. The van der Waals surface area contributed by atoms with Gasteiger partial charge in [0.1, 0.15) is 6.04 Å². The number of nitrogens with zero attached hydrogens (tertiary/aromatic N) is 4. The largest absolute Gasteiger partial charge is 0.480 e. The highest BCUT2D eigenvalue weighted by Gasteiger charge is 2.21. The Labute approximate surface area is 113 Å². The van der Waals surface area contributed by atoms with Crippen molar-refractivity contribution in [3.8, 4) is 0 Å². The number of amides is 2. The highest BCUT2D eigenvalue weighted by atomic mass is 16.5. The number of hydrogen-bond donors (Lipinski definition) is 3. The molecule has 1 aromatic rings. The summed E-state index contributed by atoms with van der Waals surface area (Å²) in [7, 11) is 2.70. The van der Waals surface area contributed by atoms with Gasteiger partial charge in [0.05, 0.1) is 14.2 Å². The number of methoxy groups -OCH3 is 1. The Hall–Kier alpha value is -2.72. The fourth-order valence-corrected chi connectivity index (χ4v) is 1.25. The van der Waals surface area contributed by atoms with Gasteiger partial charge in [-0.05, 0) is 11.6 Å². The molecule has 0 bridgehead atoms. The van der Waals surface area contributed by atoms with Crippen LogP contribution in [-0.4, -0.2) is 56.4 Å². The van der Waals surface area contributed by atoms with Crippen LogP contribution >= 0.6 is 0 Å². The van der Waals surface area contributed by atoms with Gasteiger partial charge in [-0.1, -0.05) is 5.10 Å².